The number of likely N-dealkylation sites (tertiary alicyclic amines) is 1. The lowest BCUT2D eigenvalue weighted by Crippen LogP contribution is -2.42. The molecule has 4 nitrogen and oxygen atoms in total. The molecule has 0 unspecified atom stereocenters. The molecule has 0 saturated carbocycles. The Hall–Kier alpha value is -1.39. The third-order valence-electron chi connectivity index (χ3n) is 4.43. The lowest BCUT2D eigenvalue weighted by molar-refractivity contribution is 0.0600. The predicted octanol–water partition coefficient (Wildman–Crippen LogP) is 2.39. The number of ether oxygens (including phenoxy) is 1. The first-order chi connectivity index (χ1) is 10.1. The molecule has 1 aromatic carbocycles. The summed E-state index contributed by atoms with van der Waals surface area (Å²) in [5.41, 5.74) is 1.85. The molecule has 1 aliphatic rings. The number of hydrogen-bond donors (Lipinski definition) is 0. The fourth-order valence-corrected chi connectivity index (χ4v) is 2.96. The van der Waals surface area contributed by atoms with E-state index in [4.69, 9.17) is 4.74 Å². The Labute approximate surface area is 127 Å². The van der Waals surface area contributed by atoms with Gasteiger partial charge in [0.05, 0.1) is 12.7 Å². The minimum absolute atomic E-state index is 0.276. The van der Waals surface area contributed by atoms with Gasteiger partial charge in [-0.25, -0.2) is 4.79 Å². The van der Waals surface area contributed by atoms with Crippen molar-refractivity contribution in [3.63, 3.8) is 0 Å². The molecule has 0 atom stereocenters. The quantitative estimate of drug-likeness (QED) is 0.780. The molecule has 0 N–H and O–H groups in total. The standard InChI is InChI=1S/C17H26N2O2/c1-4-19-11-9-16(10-12-19)18(2)13-14-5-7-15(8-6-14)17(20)21-3/h5-8,16H,4,9-13H2,1-3H3. The van der Waals surface area contributed by atoms with Crippen molar-refractivity contribution in [2.24, 2.45) is 0 Å². The van der Waals surface area contributed by atoms with Gasteiger partial charge in [0.1, 0.15) is 0 Å². The third kappa shape index (κ3) is 4.29. The Kier molecular flexibility index (Phi) is 5.76. The summed E-state index contributed by atoms with van der Waals surface area (Å²) >= 11 is 0. The Bertz CT molecular complexity index is 450. The van der Waals surface area contributed by atoms with Crippen molar-refractivity contribution in [1.29, 1.82) is 0 Å². The topological polar surface area (TPSA) is 32.8 Å². The first kappa shape index (κ1) is 16.0. The summed E-state index contributed by atoms with van der Waals surface area (Å²) in [6.07, 6.45) is 2.48. The molecule has 1 aromatic rings. The van der Waals surface area contributed by atoms with Gasteiger partial charge < -0.3 is 9.64 Å². The van der Waals surface area contributed by atoms with E-state index in [1.54, 1.807) is 0 Å². The lowest BCUT2D eigenvalue weighted by Gasteiger charge is -2.36. The summed E-state index contributed by atoms with van der Waals surface area (Å²) in [6, 6.07) is 8.38. The highest BCUT2D eigenvalue weighted by molar-refractivity contribution is 5.89. The van der Waals surface area contributed by atoms with Crippen LogP contribution in [0.15, 0.2) is 24.3 Å². The molecule has 0 aromatic heterocycles. The van der Waals surface area contributed by atoms with Crippen molar-refractivity contribution < 1.29 is 9.53 Å². The summed E-state index contributed by atoms with van der Waals surface area (Å²) in [6.45, 7) is 6.72. The molecule has 0 radical (unpaired) electrons. The van der Waals surface area contributed by atoms with E-state index < -0.39 is 0 Å². The maximum Gasteiger partial charge on any atom is 0.337 e. The SMILES string of the molecule is CCN1CCC(N(C)Cc2ccc(C(=O)OC)cc2)CC1. The van der Waals surface area contributed by atoms with Crippen LogP contribution >= 0.6 is 0 Å². The van der Waals surface area contributed by atoms with Gasteiger partial charge in [-0.1, -0.05) is 19.1 Å². The smallest absolute Gasteiger partial charge is 0.337 e. The third-order valence-corrected chi connectivity index (χ3v) is 4.43. The number of hydrogen-bond acceptors (Lipinski definition) is 4. The van der Waals surface area contributed by atoms with E-state index in [-0.39, 0.29) is 5.97 Å². The second kappa shape index (κ2) is 7.57. The van der Waals surface area contributed by atoms with Gasteiger partial charge in [-0.2, -0.15) is 0 Å². The van der Waals surface area contributed by atoms with Gasteiger partial charge in [0.25, 0.3) is 0 Å². The minimum atomic E-state index is -0.276. The van der Waals surface area contributed by atoms with Crippen molar-refractivity contribution in [2.75, 3.05) is 33.8 Å². The van der Waals surface area contributed by atoms with Crippen LogP contribution in [0.25, 0.3) is 0 Å². The largest absolute Gasteiger partial charge is 0.465 e. The molecule has 116 valence electrons. The Balaban J connectivity index is 1.88. The second-order valence-electron chi connectivity index (χ2n) is 5.77. The fourth-order valence-electron chi connectivity index (χ4n) is 2.96. The average molecular weight is 290 g/mol. The first-order valence-corrected chi connectivity index (χ1v) is 7.74. The molecule has 0 bridgehead atoms. The van der Waals surface area contributed by atoms with Crippen LogP contribution in [0, 0.1) is 0 Å². The number of rotatable bonds is 5. The molecular weight excluding hydrogens is 264 g/mol. The molecule has 1 heterocycles. The molecule has 0 spiro atoms. The minimum Gasteiger partial charge on any atom is -0.465 e. The first-order valence-electron chi connectivity index (χ1n) is 7.74. The van der Waals surface area contributed by atoms with Crippen LogP contribution in [-0.4, -0.2) is 55.6 Å². The number of piperidine rings is 1. The van der Waals surface area contributed by atoms with Gasteiger partial charge in [0.15, 0.2) is 0 Å². The summed E-state index contributed by atoms with van der Waals surface area (Å²) < 4.78 is 4.72. The summed E-state index contributed by atoms with van der Waals surface area (Å²) in [5.74, 6) is -0.276. The van der Waals surface area contributed by atoms with Gasteiger partial charge in [0.2, 0.25) is 0 Å². The van der Waals surface area contributed by atoms with Crippen molar-refractivity contribution in [1.82, 2.24) is 9.80 Å². The molecule has 4 heteroatoms. The van der Waals surface area contributed by atoms with E-state index in [1.165, 1.54) is 38.6 Å². The Morgan fingerprint density at radius 2 is 1.90 bits per heavy atom. The van der Waals surface area contributed by atoms with Crippen LogP contribution in [0.1, 0.15) is 35.7 Å². The number of esters is 1. The number of carbonyl (C=O) groups excluding carboxylic acids is 1. The number of carbonyl (C=O) groups is 1. The maximum atomic E-state index is 11.4. The van der Waals surface area contributed by atoms with Gasteiger partial charge in [0, 0.05) is 12.6 Å². The highest BCUT2D eigenvalue weighted by Crippen LogP contribution is 2.17. The van der Waals surface area contributed by atoms with E-state index in [0.717, 1.165) is 13.1 Å². The molecule has 1 saturated heterocycles. The van der Waals surface area contributed by atoms with E-state index in [9.17, 15) is 4.79 Å². The molecule has 21 heavy (non-hydrogen) atoms. The number of methoxy groups -OCH3 is 1. The van der Waals surface area contributed by atoms with Gasteiger partial charge >= 0.3 is 5.97 Å². The van der Waals surface area contributed by atoms with Crippen LogP contribution in [0.2, 0.25) is 0 Å². The zero-order chi connectivity index (χ0) is 15.2. The maximum absolute atomic E-state index is 11.4. The van der Waals surface area contributed by atoms with Gasteiger partial charge in [-0.05, 0) is 57.2 Å². The molecule has 2 rings (SSSR count). The summed E-state index contributed by atoms with van der Waals surface area (Å²) in [5, 5.41) is 0. The highest BCUT2D eigenvalue weighted by atomic mass is 16.5. The van der Waals surface area contributed by atoms with Gasteiger partial charge in [-0.15, -0.1) is 0 Å². The number of nitrogens with zero attached hydrogens (tertiary/aromatic N) is 2. The molecule has 0 amide bonds. The van der Waals surface area contributed by atoms with Crippen LogP contribution < -0.4 is 0 Å². The van der Waals surface area contributed by atoms with E-state index in [2.05, 4.69) is 23.8 Å². The average Bonchev–Trinajstić information content (AvgIpc) is 2.55. The molecule has 1 fully saturated rings. The van der Waals surface area contributed by atoms with Crippen LogP contribution in [0.5, 0.6) is 0 Å². The summed E-state index contributed by atoms with van der Waals surface area (Å²) in [7, 11) is 3.60. The van der Waals surface area contributed by atoms with Crippen LogP contribution in [0.3, 0.4) is 0 Å². The van der Waals surface area contributed by atoms with Crippen molar-refractivity contribution in [2.45, 2.75) is 32.4 Å². The molecule has 1 aliphatic heterocycles. The molecule has 0 aliphatic carbocycles. The van der Waals surface area contributed by atoms with Crippen LogP contribution in [-0.2, 0) is 11.3 Å². The highest BCUT2D eigenvalue weighted by Gasteiger charge is 2.21. The summed E-state index contributed by atoms with van der Waals surface area (Å²) in [4.78, 5) is 16.4. The van der Waals surface area contributed by atoms with E-state index in [1.807, 2.05) is 24.3 Å². The van der Waals surface area contributed by atoms with Crippen molar-refractivity contribution in [3.8, 4) is 0 Å². The lowest BCUT2D eigenvalue weighted by atomic mass is 10.0. The Morgan fingerprint density at radius 1 is 1.29 bits per heavy atom. The van der Waals surface area contributed by atoms with Crippen LogP contribution in [0.4, 0.5) is 0 Å². The van der Waals surface area contributed by atoms with Gasteiger partial charge in [-0.3, -0.25) is 4.90 Å². The normalized spacial score (nSPS) is 17.1. The molecular formula is C17H26N2O2. The van der Waals surface area contributed by atoms with E-state index in [0.29, 0.717) is 11.6 Å². The zero-order valence-electron chi connectivity index (χ0n) is 13.3. The Morgan fingerprint density at radius 3 is 2.43 bits per heavy atom. The number of benzene rings is 1. The second-order valence-corrected chi connectivity index (χ2v) is 5.77. The predicted molar refractivity (Wildman–Crippen MR) is 84.4 cm³/mol. The van der Waals surface area contributed by atoms with Crippen molar-refractivity contribution >= 4 is 5.97 Å². The zero-order valence-corrected chi connectivity index (χ0v) is 13.3. The van der Waals surface area contributed by atoms with Crippen molar-refractivity contribution in [3.05, 3.63) is 35.4 Å². The monoisotopic (exact) mass is 290 g/mol. The van der Waals surface area contributed by atoms with E-state index >= 15 is 0 Å². The fraction of sp³-hybridized carbons (Fsp3) is 0.588.